The van der Waals surface area contributed by atoms with E-state index in [-0.39, 0.29) is 5.70 Å². The Kier molecular flexibility index (Phi) is 3.25. The molecule has 0 aliphatic rings. The summed E-state index contributed by atoms with van der Waals surface area (Å²) in [6.45, 7) is 5.25. The third-order valence-corrected chi connectivity index (χ3v) is 1.18. The average Bonchev–Trinajstić information content (AvgIpc) is 1.87. The van der Waals surface area contributed by atoms with Crippen molar-refractivity contribution in [1.82, 2.24) is 0 Å². The topological polar surface area (TPSA) is 69.1 Å². The van der Waals surface area contributed by atoms with E-state index < -0.39 is 5.91 Å². The molecule has 0 aliphatic carbocycles. The predicted molar refractivity (Wildman–Crippen MR) is 40.9 cm³/mol. The molecule has 0 heterocycles. The van der Waals surface area contributed by atoms with E-state index in [1.807, 2.05) is 0 Å². The second-order valence-electron chi connectivity index (χ2n) is 2.05. The van der Waals surface area contributed by atoms with E-state index in [1.165, 1.54) is 0 Å². The van der Waals surface area contributed by atoms with Gasteiger partial charge < -0.3 is 11.5 Å². The molecule has 0 atom stereocenters. The summed E-state index contributed by atoms with van der Waals surface area (Å²) in [6.07, 6.45) is 2.28. The number of allylic oxidation sites excluding steroid dienone is 2. The van der Waals surface area contributed by atoms with Crippen LogP contribution in [0.3, 0.4) is 0 Å². The molecule has 0 aromatic heterocycles. The summed E-state index contributed by atoms with van der Waals surface area (Å²) in [5.74, 6) is -0.570. The van der Waals surface area contributed by atoms with E-state index >= 15 is 0 Å². The van der Waals surface area contributed by atoms with E-state index in [1.54, 1.807) is 13.0 Å². The molecule has 3 heteroatoms. The zero-order valence-electron chi connectivity index (χ0n) is 6.05. The molecule has 56 valence electrons. The van der Waals surface area contributed by atoms with E-state index in [4.69, 9.17) is 11.5 Å². The van der Waals surface area contributed by atoms with Gasteiger partial charge in [0.05, 0.1) is 5.70 Å². The summed E-state index contributed by atoms with van der Waals surface area (Å²) in [5.41, 5.74) is 11.1. The molecule has 0 saturated carbocycles. The lowest BCUT2D eigenvalue weighted by atomic mass is 10.1. The normalized spacial score (nSPS) is 12.1. The number of hydrogen-bond acceptors (Lipinski definition) is 2. The number of nitrogens with two attached hydrogens (primary N) is 2. The standard InChI is InChI=1S/C7H12N2O/c1-3-4-5(2)6(8)7(9)10/h3H,1,4,8H2,2H3,(H2,9,10). The van der Waals surface area contributed by atoms with Gasteiger partial charge in [-0.25, -0.2) is 0 Å². The third kappa shape index (κ3) is 2.35. The molecule has 0 unspecified atom stereocenters. The second kappa shape index (κ2) is 3.71. The highest BCUT2D eigenvalue weighted by Gasteiger charge is 2.01. The highest BCUT2D eigenvalue weighted by molar-refractivity contribution is 5.91. The number of carbonyl (C=O) groups excluding carboxylic acids is 1. The van der Waals surface area contributed by atoms with Crippen molar-refractivity contribution in [2.75, 3.05) is 0 Å². The van der Waals surface area contributed by atoms with Gasteiger partial charge in [-0.2, -0.15) is 0 Å². The largest absolute Gasteiger partial charge is 0.394 e. The van der Waals surface area contributed by atoms with Gasteiger partial charge in [-0.05, 0) is 18.9 Å². The maximum atomic E-state index is 10.4. The summed E-state index contributed by atoms with van der Waals surface area (Å²) in [6, 6.07) is 0. The first-order chi connectivity index (χ1) is 4.59. The molecular weight excluding hydrogens is 128 g/mol. The van der Waals surface area contributed by atoms with Crippen LogP contribution in [0.15, 0.2) is 23.9 Å². The first kappa shape index (κ1) is 8.75. The average molecular weight is 140 g/mol. The van der Waals surface area contributed by atoms with E-state index in [9.17, 15) is 4.79 Å². The summed E-state index contributed by atoms with van der Waals surface area (Å²) in [4.78, 5) is 10.4. The van der Waals surface area contributed by atoms with Crippen molar-refractivity contribution in [1.29, 1.82) is 0 Å². The van der Waals surface area contributed by atoms with Crippen molar-refractivity contribution >= 4 is 5.91 Å². The molecule has 0 saturated heterocycles. The Morgan fingerprint density at radius 1 is 1.60 bits per heavy atom. The Bertz CT molecular complexity index is 182. The van der Waals surface area contributed by atoms with Gasteiger partial charge >= 0.3 is 0 Å². The Hall–Kier alpha value is -1.25. The van der Waals surface area contributed by atoms with Crippen LogP contribution in [0.2, 0.25) is 0 Å². The fraction of sp³-hybridized carbons (Fsp3) is 0.286. The molecule has 0 aromatic carbocycles. The summed E-state index contributed by atoms with van der Waals surface area (Å²) >= 11 is 0. The number of amides is 1. The Morgan fingerprint density at radius 2 is 2.10 bits per heavy atom. The number of hydrogen-bond donors (Lipinski definition) is 2. The fourth-order valence-corrected chi connectivity index (χ4v) is 0.537. The van der Waals surface area contributed by atoms with Crippen LogP contribution in [0.25, 0.3) is 0 Å². The Balaban J connectivity index is 4.33. The maximum absolute atomic E-state index is 10.4. The summed E-state index contributed by atoms with van der Waals surface area (Å²) in [7, 11) is 0. The monoisotopic (exact) mass is 140 g/mol. The van der Waals surface area contributed by atoms with Crippen molar-refractivity contribution in [2.24, 2.45) is 11.5 Å². The number of primary amides is 1. The molecule has 3 nitrogen and oxygen atoms in total. The van der Waals surface area contributed by atoms with Crippen LogP contribution < -0.4 is 11.5 Å². The minimum Gasteiger partial charge on any atom is -0.394 e. The van der Waals surface area contributed by atoms with Crippen molar-refractivity contribution in [3.63, 3.8) is 0 Å². The van der Waals surface area contributed by atoms with Gasteiger partial charge in [0.2, 0.25) is 0 Å². The molecule has 0 radical (unpaired) electrons. The summed E-state index contributed by atoms with van der Waals surface area (Å²) in [5, 5.41) is 0. The lowest BCUT2D eigenvalue weighted by Crippen LogP contribution is -2.21. The first-order valence-electron chi connectivity index (χ1n) is 2.95. The van der Waals surface area contributed by atoms with Gasteiger partial charge in [0.25, 0.3) is 5.91 Å². The van der Waals surface area contributed by atoms with Gasteiger partial charge in [0.1, 0.15) is 0 Å². The van der Waals surface area contributed by atoms with Crippen molar-refractivity contribution in [3.8, 4) is 0 Å². The molecule has 1 amide bonds. The molecule has 0 bridgehead atoms. The minimum atomic E-state index is -0.570. The predicted octanol–water partition coefficient (Wildman–Crippen LogP) is 0.281. The molecule has 0 aliphatic heterocycles. The highest BCUT2D eigenvalue weighted by atomic mass is 16.1. The molecule has 4 N–H and O–H groups in total. The van der Waals surface area contributed by atoms with Gasteiger partial charge in [-0.15, -0.1) is 6.58 Å². The fourth-order valence-electron chi connectivity index (χ4n) is 0.537. The zero-order valence-corrected chi connectivity index (χ0v) is 6.05. The van der Waals surface area contributed by atoms with Crippen LogP contribution >= 0.6 is 0 Å². The van der Waals surface area contributed by atoms with Gasteiger partial charge in [-0.1, -0.05) is 6.08 Å². The molecule has 0 spiro atoms. The van der Waals surface area contributed by atoms with E-state index in [0.717, 1.165) is 5.57 Å². The van der Waals surface area contributed by atoms with Crippen LogP contribution in [0.1, 0.15) is 13.3 Å². The van der Waals surface area contributed by atoms with Gasteiger partial charge in [0.15, 0.2) is 0 Å². The first-order valence-corrected chi connectivity index (χ1v) is 2.95. The van der Waals surface area contributed by atoms with E-state index in [2.05, 4.69) is 6.58 Å². The quantitative estimate of drug-likeness (QED) is 0.436. The number of carbonyl (C=O) groups is 1. The van der Waals surface area contributed by atoms with E-state index in [0.29, 0.717) is 6.42 Å². The summed E-state index contributed by atoms with van der Waals surface area (Å²) < 4.78 is 0. The van der Waals surface area contributed by atoms with Gasteiger partial charge in [0, 0.05) is 0 Å². The lowest BCUT2D eigenvalue weighted by molar-refractivity contribution is -0.114. The highest BCUT2D eigenvalue weighted by Crippen LogP contribution is 2.02. The van der Waals surface area contributed by atoms with Crippen LogP contribution in [-0.4, -0.2) is 5.91 Å². The van der Waals surface area contributed by atoms with Crippen LogP contribution in [0.4, 0.5) is 0 Å². The van der Waals surface area contributed by atoms with Crippen LogP contribution in [-0.2, 0) is 4.79 Å². The van der Waals surface area contributed by atoms with Gasteiger partial charge in [-0.3, -0.25) is 4.79 Å². The number of rotatable bonds is 3. The molecule has 10 heavy (non-hydrogen) atoms. The molecule has 0 rings (SSSR count). The second-order valence-corrected chi connectivity index (χ2v) is 2.05. The molecular formula is C7H12N2O. The molecule has 0 fully saturated rings. The SMILES string of the molecule is C=CCC(C)=C(N)C(N)=O. The zero-order chi connectivity index (χ0) is 8.15. The minimum absolute atomic E-state index is 0.139. The van der Waals surface area contributed by atoms with Crippen LogP contribution in [0, 0.1) is 0 Å². The van der Waals surface area contributed by atoms with Crippen molar-refractivity contribution in [3.05, 3.63) is 23.9 Å². The lowest BCUT2D eigenvalue weighted by Gasteiger charge is -1.99. The smallest absolute Gasteiger partial charge is 0.264 e. The molecule has 0 aromatic rings. The maximum Gasteiger partial charge on any atom is 0.264 e. The third-order valence-electron chi connectivity index (χ3n) is 1.18. The van der Waals surface area contributed by atoms with Crippen LogP contribution in [0.5, 0.6) is 0 Å². The van der Waals surface area contributed by atoms with Crippen molar-refractivity contribution in [2.45, 2.75) is 13.3 Å². The Labute approximate surface area is 60.4 Å². The Morgan fingerprint density at radius 3 is 2.40 bits per heavy atom. The van der Waals surface area contributed by atoms with Crippen molar-refractivity contribution < 1.29 is 4.79 Å².